The summed E-state index contributed by atoms with van der Waals surface area (Å²) in [4.78, 5) is 23.1. The molecule has 1 saturated heterocycles. The Bertz CT molecular complexity index is 998. The standard InChI is InChI=1S/C19H17ClN4O/c1-11-13(4-2-5-16(11)20)14-8-12(19(25)24-6-3-7-24)9-15-17(14)22-10-23-18(15)21/h2,4-5,8-10H,3,6-7H2,1H3,(H2,21,22,23). The predicted molar refractivity (Wildman–Crippen MR) is 99.7 cm³/mol. The number of halogens is 1. The van der Waals surface area contributed by atoms with E-state index in [0.717, 1.165) is 41.7 Å². The van der Waals surface area contributed by atoms with Gasteiger partial charge >= 0.3 is 0 Å². The number of hydrogen-bond acceptors (Lipinski definition) is 4. The Hall–Kier alpha value is -2.66. The Morgan fingerprint density at radius 2 is 2.00 bits per heavy atom. The minimum atomic E-state index is 0.0114. The maximum absolute atomic E-state index is 12.7. The Morgan fingerprint density at radius 3 is 2.72 bits per heavy atom. The number of carbonyl (C=O) groups is 1. The molecule has 1 aromatic heterocycles. The number of hydrogen-bond donors (Lipinski definition) is 1. The first-order chi connectivity index (χ1) is 12.1. The van der Waals surface area contributed by atoms with Gasteiger partial charge in [0.05, 0.1) is 5.52 Å². The average molecular weight is 353 g/mol. The zero-order valence-electron chi connectivity index (χ0n) is 13.8. The molecule has 2 aromatic carbocycles. The van der Waals surface area contributed by atoms with Crippen molar-refractivity contribution in [2.75, 3.05) is 18.8 Å². The number of rotatable bonds is 2. The highest BCUT2D eigenvalue weighted by Crippen LogP contribution is 2.35. The zero-order valence-corrected chi connectivity index (χ0v) is 14.5. The molecule has 6 heteroatoms. The van der Waals surface area contributed by atoms with Crippen LogP contribution in [0.15, 0.2) is 36.7 Å². The third-order valence-electron chi connectivity index (χ3n) is 4.72. The van der Waals surface area contributed by atoms with Gasteiger partial charge in [-0.05, 0) is 42.7 Å². The van der Waals surface area contributed by atoms with Crippen LogP contribution in [-0.2, 0) is 0 Å². The number of nitrogen functional groups attached to an aromatic ring is 1. The van der Waals surface area contributed by atoms with Crippen LogP contribution in [-0.4, -0.2) is 33.9 Å². The van der Waals surface area contributed by atoms with Crippen molar-refractivity contribution in [3.63, 3.8) is 0 Å². The summed E-state index contributed by atoms with van der Waals surface area (Å²) in [7, 11) is 0. The van der Waals surface area contributed by atoms with Crippen LogP contribution < -0.4 is 5.73 Å². The maximum atomic E-state index is 12.7. The first kappa shape index (κ1) is 15.8. The van der Waals surface area contributed by atoms with Gasteiger partial charge in [-0.25, -0.2) is 9.97 Å². The van der Waals surface area contributed by atoms with Crippen molar-refractivity contribution < 1.29 is 4.79 Å². The van der Waals surface area contributed by atoms with E-state index in [9.17, 15) is 4.79 Å². The smallest absolute Gasteiger partial charge is 0.253 e. The van der Waals surface area contributed by atoms with Gasteiger partial charge in [-0.1, -0.05) is 23.7 Å². The van der Waals surface area contributed by atoms with Gasteiger partial charge in [-0.3, -0.25) is 4.79 Å². The number of nitrogens with two attached hydrogens (primary N) is 1. The number of anilines is 1. The maximum Gasteiger partial charge on any atom is 0.253 e. The predicted octanol–water partition coefficient (Wildman–Crippen LogP) is 3.69. The minimum absolute atomic E-state index is 0.0114. The second-order valence-electron chi connectivity index (χ2n) is 6.24. The molecule has 1 amide bonds. The van der Waals surface area contributed by atoms with Crippen LogP contribution >= 0.6 is 11.6 Å². The number of aromatic nitrogens is 2. The summed E-state index contributed by atoms with van der Waals surface area (Å²) in [6, 6.07) is 9.39. The largest absolute Gasteiger partial charge is 0.383 e. The molecular formula is C19H17ClN4O. The van der Waals surface area contributed by atoms with E-state index in [1.165, 1.54) is 6.33 Å². The summed E-state index contributed by atoms with van der Waals surface area (Å²) in [6.07, 6.45) is 2.49. The van der Waals surface area contributed by atoms with E-state index < -0.39 is 0 Å². The molecule has 0 unspecified atom stereocenters. The van der Waals surface area contributed by atoms with Crippen molar-refractivity contribution in [1.82, 2.24) is 14.9 Å². The van der Waals surface area contributed by atoms with Gasteiger partial charge in [-0.2, -0.15) is 0 Å². The number of benzene rings is 2. The molecule has 3 aromatic rings. The Labute approximate surface area is 150 Å². The van der Waals surface area contributed by atoms with Gasteiger partial charge in [0.15, 0.2) is 0 Å². The first-order valence-electron chi connectivity index (χ1n) is 8.15. The molecule has 2 N–H and O–H groups in total. The Kier molecular flexibility index (Phi) is 3.81. The van der Waals surface area contributed by atoms with Gasteiger partial charge in [0.2, 0.25) is 0 Å². The summed E-state index contributed by atoms with van der Waals surface area (Å²) < 4.78 is 0. The molecule has 0 radical (unpaired) electrons. The van der Waals surface area contributed by atoms with Crippen molar-refractivity contribution in [2.45, 2.75) is 13.3 Å². The highest BCUT2D eigenvalue weighted by molar-refractivity contribution is 6.31. The summed E-state index contributed by atoms with van der Waals surface area (Å²) in [5.74, 6) is 0.376. The van der Waals surface area contributed by atoms with Crippen molar-refractivity contribution in [1.29, 1.82) is 0 Å². The lowest BCUT2D eigenvalue weighted by molar-refractivity contribution is 0.0652. The normalized spacial score (nSPS) is 13.8. The molecule has 2 heterocycles. The van der Waals surface area contributed by atoms with E-state index in [2.05, 4.69) is 9.97 Å². The molecular weight excluding hydrogens is 336 g/mol. The second kappa shape index (κ2) is 6.01. The fourth-order valence-corrected chi connectivity index (χ4v) is 3.29. The molecule has 1 aliphatic heterocycles. The lowest BCUT2D eigenvalue weighted by Gasteiger charge is -2.31. The average Bonchev–Trinajstić information content (AvgIpc) is 2.55. The van der Waals surface area contributed by atoms with Crippen LogP contribution in [0.25, 0.3) is 22.0 Å². The Balaban J connectivity index is 2.00. The Morgan fingerprint density at radius 1 is 1.20 bits per heavy atom. The van der Waals surface area contributed by atoms with Crippen molar-refractivity contribution in [3.8, 4) is 11.1 Å². The van der Waals surface area contributed by atoms with Crippen LogP contribution in [0.1, 0.15) is 22.3 Å². The number of carbonyl (C=O) groups excluding carboxylic acids is 1. The van der Waals surface area contributed by atoms with Crippen molar-refractivity contribution >= 4 is 34.2 Å². The molecule has 126 valence electrons. The lowest BCUT2D eigenvalue weighted by atomic mass is 9.95. The molecule has 0 atom stereocenters. The van der Waals surface area contributed by atoms with Crippen LogP contribution in [0, 0.1) is 6.92 Å². The van der Waals surface area contributed by atoms with E-state index in [1.807, 2.05) is 36.1 Å². The van der Waals surface area contributed by atoms with Crippen LogP contribution in [0.2, 0.25) is 5.02 Å². The molecule has 0 saturated carbocycles. The molecule has 1 aliphatic rings. The van der Waals surface area contributed by atoms with Crippen molar-refractivity contribution in [3.05, 3.63) is 52.8 Å². The second-order valence-corrected chi connectivity index (χ2v) is 6.64. The van der Waals surface area contributed by atoms with Crippen molar-refractivity contribution in [2.24, 2.45) is 0 Å². The molecule has 5 nitrogen and oxygen atoms in total. The fraction of sp³-hybridized carbons (Fsp3) is 0.211. The first-order valence-corrected chi connectivity index (χ1v) is 8.53. The highest BCUT2D eigenvalue weighted by Gasteiger charge is 2.23. The third kappa shape index (κ3) is 2.61. The molecule has 0 aliphatic carbocycles. The van der Waals surface area contributed by atoms with E-state index >= 15 is 0 Å². The molecule has 4 rings (SSSR count). The fourth-order valence-electron chi connectivity index (χ4n) is 3.12. The summed E-state index contributed by atoms with van der Waals surface area (Å²) in [6.45, 7) is 3.55. The molecule has 1 fully saturated rings. The third-order valence-corrected chi connectivity index (χ3v) is 5.13. The minimum Gasteiger partial charge on any atom is -0.383 e. The molecule has 25 heavy (non-hydrogen) atoms. The van der Waals surface area contributed by atoms with E-state index in [0.29, 0.717) is 21.8 Å². The van der Waals surface area contributed by atoms with Gasteiger partial charge in [0.25, 0.3) is 5.91 Å². The molecule has 0 spiro atoms. The van der Waals surface area contributed by atoms with E-state index in [-0.39, 0.29) is 5.91 Å². The van der Waals surface area contributed by atoms with Crippen LogP contribution in [0.5, 0.6) is 0 Å². The highest BCUT2D eigenvalue weighted by atomic mass is 35.5. The SMILES string of the molecule is Cc1c(Cl)cccc1-c1cc(C(=O)N2CCC2)cc2c(N)ncnc12. The monoisotopic (exact) mass is 352 g/mol. The summed E-state index contributed by atoms with van der Waals surface area (Å²) >= 11 is 6.30. The van der Waals surface area contributed by atoms with Gasteiger partial charge in [-0.15, -0.1) is 0 Å². The molecule has 0 bridgehead atoms. The van der Waals surface area contributed by atoms with E-state index in [4.69, 9.17) is 17.3 Å². The van der Waals surface area contributed by atoms with Gasteiger partial charge in [0, 0.05) is 34.6 Å². The topological polar surface area (TPSA) is 72.1 Å². The summed E-state index contributed by atoms with van der Waals surface area (Å²) in [5, 5.41) is 1.36. The number of amides is 1. The van der Waals surface area contributed by atoms with E-state index in [1.54, 1.807) is 6.07 Å². The van der Waals surface area contributed by atoms with Crippen LogP contribution in [0.3, 0.4) is 0 Å². The van der Waals surface area contributed by atoms with Gasteiger partial charge in [0.1, 0.15) is 12.1 Å². The summed E-state index contributed by atoms with van der Waals surface area (Å²) in [5.41, 5.74) is 10.1. The zero-order chi connectivity index (χ0) is 17.6. The quantitative estimate of drug-likeness (QED) is 0.763. The number of nitrogens with zero attached hydrogens (tertiary/aromatic N) is 3. The lowest BCUT2D eigenvalue weighted by Crippen LogP contribution is -2.42. The number of fused-ring (bicyclic) bond motifs is 1. The van der Waals surface area contributed by atoms with Crippen LogP contribution in [0.4, 0.5) is 5.82 Å². The van der Waals surface area contributed by atoms with Gasteiger partial charge < -0.3 is 10.6 Å². The number of likely N-dealkylation sites (tertiary alicyclic amines) is 1.